The van der Waals surface area contributed by atoms with Gasteiger partial charge in [0.15, 0.2) is 0 Å². The Bertz CT molecular complexity index is 762. The van der Waals surface area contributed by atoms with Crippen LogP contribution in [0.25, 0.3) is 0 Å². The molecule has 0 saturated carbocycles. The Labute approximate surface area is 144 Å². The van der Waals surface area contributed by atoms with Crippen LogP contribution in [0.15, 0.2) is 53.6 Å². The lowest BCUT2D eigenvalue weighted by Crippen LogP contribution is -2.18. The Hall–Kier alpha value is -2.86. The minimum Gasteiger partial charge on any atom is -0.449 e. The molecule has 0 radical (unpaired) electrons. The number of rotatable bonds is 5. The number of hydrogen-bond donors (Lipinski definition) is 2. The Kier molecular flexibility index (Phi) is 6.33. The smallest absolute Gasteiger partial charge is 0.427 e. The summed E-state index contributed by atoms with van der Waals surface area (Å²) in [4.78, 5) is 23.3. The zero-order valence-electron chi connectivity index (χ0n) is 13.0. The van der Waals surface area contributed by atoms with E-state index in [9.17, 15) is 9.59 Å². The SMILES string of the molecule is CCOC(=O)N/N=C\c1cccc(NC(=O)c2ccccc2Cl)c1. The number of anilines is 1. The van der Waals surface area contributed by atoms with E-state index in [4.69, 9.17) is 11.6 Å². The minimum atomic E-state index is -0.628. The van der Waals surface area contributed by atoms with Crippen molar-refractivity contribution in [2.24, 2.45) is 5.10 Å². The number of ether oxygens (including phenoxy) is 1. The summed E-state index contributed by atoms with van der Waals surface area (Å²) in [6.45, 7) is 1.97. The molecule has 6 nitrogen and oxygen atoms in total. The summed E-state index contributed by atoms with van der Waals surface area (Å²) in [5, 5.41) is 6.91. The third-order valence-corrected chi connectivity index (χ3v) is 3.24. The van der Waals surface area contributed by atoms with Gasteiger partial charge >= 0.3 is 6.09 Å². The van der Waals surface area contributed by atoms with Gasteiger partial charge in [0, 0.05) is 5.69 Å². The molecule has 0 bridgehead atoms. The second-order valence-corrected chi connectivity index (χ2v) is 5.06. The zero-order chi connectivity index (χ0) is 17.4. The molecule has 0 spiro atoms. The van der Waals surface area contributed by atoms with Crippen LogP contribution in [0.3, 0.4) is 0 Å². The maximum absolute atomic E-state index is 12.2. The second kappa shape index (κ2) is 8.69. The Balaban J connectivity index is 2.02. The van der Waals surface area contributed by atoms with Gasteiger partial charge in [-0.15, -0.1) is 0 Å². The first-order valence-electron chi connectivity index (χ1n) is 7.22. The Morgan fingerprint density at radius 2 is 2.00 bits per heavy atom. The van der Waals surface area contributed by atoms with Crippen molar-refractivity contribution in [2.45, 2.75) is 6.92 Å². The quantitative estimate of drug-likeness (QED) is 0.641. The highest BCUT2D eigenvalue weighted by Gasteiger charge is 2.09. The predicted molar refractivity (Wildman–Crippen MR) is 93.6 cm³/mol. The zero-order valence-corrected chi connectivity index (χ0v) is 13.7. The van der Waals surface area contributed by atoms with Crippen molar-refractivity contribution in [3.8, 4) is 0 Å². The maximum atomic E-state index is 12.2. The summed E-state index contributed by atoms with van der Waals surface area (Å²) in [6.07, 6.45) is 0.819. The average Bonchev–Trinajstić information content (AvgIpc) is 2.56. The molecule has 2 amide bonds. The molecule has 0 aliphatic carbocycles. The molecule has 0 aliphatic rings. The van der Waals surface area contributed by atoms with Gasteiger partial charge < -0.3 is 10.1 Å². The number of carbonyl (C=O) groups is 2. The van der Waals surface area contributed by atoms with E-state index < -0.39 is 6.09 Å². The fraction of sp³-hybridized carbons (Fsp3) is 0.118. The minimum absolute atomic E-state index is 0.269. The van der Waals surface area contributed by atoms with Crippen LogP contribution < -0.4 is 10.7 Å². The van der Waals surface area contributed by atoms with Gasteiger partial charge in [-0.2, -0.15) is 5.10 Å². The topological polar surface area (TPSA) is 79.8 Å². The van der Waals surface area contributed by atoms with Gasteiger partial charge in [-0.1, -0.05) is 35.9 Å². The summed E-state index contributed by atoms with van der Waals surface area (Å²) in [6, 6.07) is 13.8. The Morgan fingerprint density at radius 3 is 2.75 bits per heavy atom. The molecule has 124 valence electrons. The molecule has 2 aromatic carbocycles. The summed E-state index contributed by atoms with van der Waals surface area (Å²) >= 11 is 6.01. The number of benzene rings is 2. The van der Waals surface area contributed by atoms with Gasteiger partial charge in [0.1, 0.15) is 0 Å². The molecule has 2 N–H and O–H groups in total. The number of nitrogens with zero attached hydrogens (tertiary/aromatic N) is 1. The first-order chi connectivity index (χ1) is 11.6. The van der Waals surface area contributed by atoms with Crippen LogP contribution in [0, 0.1) is 0 Å². The van der Waals surface area contributed by atoms with Crippen molar-refractivity contribution in [1.82, 2.24) is 5.43 Å². The average molecular weight is 346 g/mol. The highest BCUT2D eigenvalue weighted by molar-refractivity contribution is 6.34. The van der Waals surface area contributed by atoms with Gasteiger partial charge in [-0.3, -0.25) is 4.79 Å². The molecule has 0 atom stereocenters. The fourth-order valence-corrected chi connectivity index (χ4v) is 2.08. The summed E-state index contributed by atoms with van der Waals surface area (Å²) in [7, 11) is 0. The fourth-order valence-electron chi connectivity index (χ4n) is 1.86. The molecule has 0 aliphatic heterocycles. The number of carbonyl (C=O) groups excluding carboxylic acids is 2. The lowest BCUT2D eigenvalue weighted by molar-refractivity contribution is 0.102. The number of nitrogens with one attached hydrogen (secondary N) is 2. The van der Waals surface area contributed by atoms with E-state index in [-0.39, 0.29) is 12.5 Å². The van der Waals surface area contributed by atoms with E-state index in [1.807, 2.05) is 0 Å². The lowest BCUT2D eigenvalue weighted by atomic mass is 10.2. The summed E-state index contributed by atoms with van der Waals surface area (Å²) < 4.78 is 4.68. The standard InChI is InChI=1S/C17H16ClN3O3/c1-2-24-17(23)21-19-11-12-6-5-7-13(10-12)20-16(22)14-8-3-4-9-15(14)18/h3-11H,2H2,1H3,(H,20,22)(H,21,23)/b19-11-. The van der Waals surface area contributed by atoms with Crippen LogP contribution in [0.5, 0.6) is 0 Å². The molecule has 2 aromatic rings. The molecule has 2 rings (SSSR count). The number of hydrazone groups is 1. The van der Waals surface area contributed by atoms with Crippen molar-refractivity contribution in [2.75, 3.05) is 11.9 Å². The van der Waals surface area contributed by atoms with Crippen molar-refractivity contribution in [1.29, 1.82) is 0 Å². The van der Waals surface area contributed by atoms with Gasteiger partial charge in [0.05, 0.1) is 23.4 Å². The normalized spacial score (nSPS) is 10.4. The molecular weight excluding hydrogens is 330 g/mol. The van der Waals surface area contributed by atoms with E-state index in [0.717, 1.165) is 0 Å². The maximum Gasteiger partial charge on any atom is 0.427 e. The number of hydrogen-bond acceptors (Lipinski definition) is 4. The van der Waals surface area contributed by atoms with Crippen molar-refractivity contribution < 1.29 is 14.3 Å². The molecule has 0 aromatic heterocycles. The first-order valence-corrected chi connectivity index (χ1v) is 7.59. The Morgan fingerprint density at radius 1 is 1.21 bits per heavy atom. The predicted octanol–water partition coefficient (Wildman–Crippen LogP) is 3.67. The van der Waals surface area contributed by atoms with Crippen LogP contribution in [-0.2, 0) is 4.74 Å². The van der Waals surface area contributed by atoms with E-state index >= 15 is 0 Å². The van der Waals surface area contributed by atoms with Gasteiger partial charge in [-0.05, 0) is 36.8 Å². The molecule has 0 fully saturated rings. The monoisotopic (exact) mass is 345 g/mol. The molecular formula is C17H16ClN3O3. The molecule has 0 unspecified atom stereocenters. The van der Waals surface area contributed by atoms with E-state index in [1.165, 1.54) is 6.21 Å². The van der Waals surface area contributed by atoms with Crippen molar-refractivity contribution in [3.05, 3.63) is 64.7 Å². The highest BCUT2D eigenvalue weighted by Crippen LogP contribution is 2.17. The third-order valence-electron chi connectivity index (χ3n) is 2.91. The molecule has 0 saturated heterocycles. The van der Waals surface area contributed by atoms with Crippen LogP contribution in [0.2, 0.25) is 5.02 Å². The van der Waals surface area contributed by atoms with Crippen molar-refractivity contribution >= 4 is 35.5 Å². The highest BCUT2D eigenvalue weighted by atomic mass is 35.5. The first kappa shape index (κ1) is 17.5. The van der Waals surface area contributed by atoms with Crippen LogP contribution in [-0.4, -0.2) is 24.8 Å². The second-order valence-electron chi connectivity index (χ2n) is 4.65. The molecule has 7 heteroatoms. The molecule has 24 heavy (non-hydrogen) atoms. The molecule has 0 heterocycles. The lowest BCUT2D eigenvalue weighted by Gasteiger charge is -2.07. The van der Waals surface area contributed by atoms with Crippen LogP contribution in [0.4, 0.5) is 10.5 Å². The largest absolute Gasteiger partial charge is 0.449 e. The van der Waals surface area contributed by atoms with Gasteiger partial charge in [-0.25, -0.2) is 10.2 Å². The van der Waals surface area contributed by atoms with Gasteiger partial charge in [0.25, 0.3) is 5.91 Å². The van der Waals surface area contributed by atoms with E-state index in [0.29, 0.717) is 21.8 Å². The van der Waals surface area contributed by atoms with Crippen LogP contribution >= 0.6 is 11.6 Å². The number of amides is 2. The van der Waals surface area contributed by atoms with Crippen molar-refractivity contribution in [3.63, 3.8) is 0 Å². The summed E-state index contributed by atoms with van der Waals surface area (Å²) in [5.74, 6) is -0.306. The van der Waals surface area contributed by atoms with E-state index in [2.05, 4.69) is 20.6 Å². The van der Waals surface area contributed by atoms with E-state index in [1.54, 1.807) is 55.5 Å². The third kappa shape index (κ3) is 5.10. The number of halogens is 1. The van der Waals surface area contributed by atoms with Gasteiger partial charge in [0.2, 0.25) is 0 Å². The van der Waals surface area contributed by atoms with Crippen LogP contribution in [0.1, 0.15) is 22.8 Å². The summed E-state index contributed by atoms with van der Waals surface area (Å²) in [5.41, 5.74) is 3.90.